The van der Waals surface area contributed by atoms with Gasteiger partial charge in [0.05, 0.1) is 32.5 Å². The Hall–Kier alpha value is -4.40. The molecule has 0 amide bonds. The number of fused-ring (bicyclic) bond motifs is 1. The molecule has 5 aromatic rings. The molecule has 0 atom stereocenters. The fraction of sp³-hybridized carbons (Fsp3) is 0.125. The van der Waals surface area contributed by atoms with Crippen molar-refractivity contribution < 1.29 is 13.5 Å². The lowest BCUT2D eigenvalue weighted by molar-refractivity contribution is 0.436. The Kier molecular flexibility index (Phi) is 7.71. The van der Waals surface area contributed by atoms with Gasteiger partial charge in [-0.3, -0.25) is 14.5 Å². The summed E-state index contributed by atoms with van der Waals surface area (Å²) >= 11 is 6.16. The normalized spacial score (nSPS) is 11.9. The zero-order valence-electron chi connectivity index (χ0n) is 22.7. The van der Waals surface area contributed by atoms with Crippen LogP contribution in [0.2, 0.25) is 5.02 Å². The molecule has 5 rings (SSSR count). The number of aromatic nitrogens is 1. The van der Waals surface area contributed by atoms with Crippen LogP contribution in [-0.2, 0) is 10.0 Å². The van der Waals surface area contributed by atoms with E-state index in [0.29, 0.717) is 39.2 Å². The standard InChI is InChI=1S/C32H28ClN3O4S/c1-20(2)22-13-16-24(17-14-22)36-31(37)26-9-5-4-8-25(26)27(32(36)38)19-34-23-15-12-21(3)30(18-23)41(39,40)35-29-11-7-6-10-28(29)33/h4-20,35,38H,1-3H3. The second-order valence-corrected chi connectivity index (χ2v) is 12.0. The summed E-state index contributed by atoms with van der Waals surface area (Å²) in [6.45, 7) is 5.85. The van der Waals surface area contributed by atoms with Crippen molar-refractivity contribution in [3.05, 3.63) is 123 Å². The quantitative estimate of drug-likeness (QED) is 0.195. The van der Waals surface area contributed by atoms with Crippen molar-refractivity contribution in [2.75, 3.05) is 4.72 Å². The first-order valence-electron chi connectivity index (χ1n) is 13.0. The molecule has 0 aliphatic heterocycles. The highest BCUT2D eigenvalue weighted by molar-refractivity contribution is 7.92. The van der Waals surface area contributed by atoms with Crippen LogP contribution in [0, 0.1) is 6.92 Å². The molecule has 41 heavy (non-hydrogen) atoms. The summed E-state index contributed by atoms with van der Waals surface area (Å²) in [5, 5.41) is 12.6. The summed E-state index contributed by atoms with van der Waals surface area (Å²) in [6.07, 6.45) is 1.44. The molecule has 0 bridgehead atoms. The summed E-state index contributed by atoms with van der Waals surface area (Å²) < 4.78 is 30.3. The third-order valence-corrected chi connectivity index (χ3v) is 8.68. The van der Waals surface area contributed by atoms with Crippen LogP contribution < -0.4 is 10.3 Å². The van der Waals surface area contributed by atoms with Gasteiger partial charge in [-0.05, 0) is 66.4 Å². The van der Waals surface area contributed by atoms with E-state index >= 15 is 0 Å². The number of para-hydroxylation sites is 1. The number of sulfonamides is 1. The minimum Gasteiger partial charge on any atom is -0.494 e. The van der Waals surface area contributed by atoms with Crippen LogP contribution in [0.1, 0.15) is 36.5 Å². The second-order valence-electron chi connectivity index (χ2n) is 9.96. The second kappa shape index (κ2) is 11.2. The molecule has 0 saturated carbocycles. The lowest BCUT2D eigenvalue weighted by atomic mass is 10.0. The highest BCUT2D eigenvalue weighted by atomic mass is 35.5. The van der Waals surface area contributed by atoms with Crippen molar-refractivity contribution in [3.8, 4) is 11.6 Å². The van der Waals surface area contributed by atoms with Crippen molar-refractivity contribution in [2.24, 2.45) is 4.99 Å². The molecule has 0 saturated heterocycles. The van der Waals surface area contributed by atoms with Gasteiger partial charge in [-0.15, -0.1) is 0 Å². The molecule has 4 aromatic carbocycles. The summed E-state index contributed by atoms with van der Waals surface area (Å²) in [5.41, 5.74) is 2.73. The maximum Gasteiger partial charge on any atom is 0.265 e. The van der Waals surface area contributed by atoms with Crippen molar-refractivity contribution >= 4 is 50.0 Å². The van der Waals surface area contributed by atoms with E-state index in [2.05, 4.69) is 23.6 Å². The van der Waals surface area contributed by atoms with Gasteiger partial charge in [-0.2, -0.15) is 0 Å². The summed E-state index contributed by atoms with van der Waals surface area (Å²) in [7, 11) is -3.98. The van der Waals surface area contributed by atoms with Gasteiger partial charge in [0.1, 0.15) is 0 Å². The molecule has 208 valence electrons. The molecule has 1 aromatic heterocycles. The number of aliphatic imine (C=N–C) groups is 1. The van der Waals surface area contributed by atoms with Crippen LogP contribution in [0.25, 0.3) is 16.5 Å². The van der Waals surface area contributed by atoms with Gasteiger partial charge in [0.25, 0.3) is 15.6 Å². The van der Waals surface area contributed by atoms with E-state index in [1.807, 2.05) is 12.1 Å². The molecule has 0 radical (unpaired) electrons. The third kappa shape index (κ3) is 5.62. The number of hydrogen-bond donors (Lipinski definition) is 2. The van der Waals surface area contributed by atoms with Gasteiger partial charge in [0.2, 0.25) is 5.88 Å². The fourth-order valence-corrected chi connectivity index (χ4v) is 6.16. The van der Waals surface area contributed by atoms with E-state index in [0.717, 1.165) is 5.56 Å². The summed E-state index contributed by atoms with van der Waals surface area (Å²) in [6, 6.07) is 25.8. The summed E-state index contributed by atoms with van der Waals surface area (Å²) in [4.78, 5) is 18.0. The fourth-order valence-electron chi connectivity index (χ4n) is 4.58. The highest BCUT2D eigenvalue weighted by Gasteiger charge is 2.20. The SMILES string of the molecule is Cc1ccc(N=Cc2c(O)n(-c3ccc(C(C)C)cc3)c(=O)c3ccccc23)cc1S(=O)(=O)Nc1ccccc1Cl. The van der Waals surface area contributed by atoms with E-state index in [-0.39, 0.29) is 27.0 Å². The molecule has 0 fully saturated rings. The van der Waals surface area contributed by atoms with E-state index in [1.54, 1.807) is 79.7 Å². The number of nitrogens with one attached hydrogen (secondary N) is 1. The molecule has 9 heteroatoms. The third-order valence-electron chi connectivity index (χ3n) is 6.84. The van der Waals surface area contributed by atoms with Gasteiger partial charge in [0, 0.05) is 17.0 Å². The van der Waals surface area contributed by atoms with Crippen LogP contribution in [0.15, 0.2) is 106 Å². The molecule has 2 N–H and O–H groups in total. The first-order chi connectivity index (χ1) is 19.6. The Bertz CT molecular complexity index is 1960. The summed E-state index contributed by atoms with van der Waals surface area (Å²) in [5.74, 6) is 0.0480. The van der Waals surface area contributed by atoms with E-state index < -0.39 is 10.0 Å². The van der Waals surface area contributed by atoms with Gasteiger partial charge < -0.3 is 5.11 Å². The number of halogens is 1. The average Bonchev–Trinajstić information content (AvgIpc) is 2.95. The molecule has 0 unspecified atom stereocenters. The Morgan fingerprint density at radius 1 is 0.927 bits per heavy atom. The average molecular weight is 586 g/mol. The van der Waals surface area contributed by atoms with Crippen LogP contribution >= 0.6 is 11.6 Å². The zero-order chi connectivity index (χ0) is 29.3. The number of aryl methyl sites for hydroxylation is 1. The van der Waals surface area contributed by atoms with Crippen molar-refractivity contribution in [1.29, 1.82) is 0 Å². The number of aromatic hydroxyl groups is 1. The predicted molar refractivity (Wildman–Crippen MR) is 166 cm³/mol. The minimum atomic E-state index is -3.98. The van der Waals surface area contributed by atoms with Crippen molar-refractivity contribution in [2.45, 2.75) is 31.6 Å². The predicted octanol–water partition coefficient (Wildman–Crippen LogP) is 7.33. The minimum absolute atomic E-state index is 0.0383. The highest BCUT2D eigenvalue weighted by Crippen LogP contribution is 2.30. The maximum absolute atomic E-state index is 13.4. The number of nitrogens with zero attached hydrogens (tertiary/aromatic N) is 2. The number of pyridine rings is 1. The Morgan fingerprint density at radius 3 is 2.27 bits per heavy atom. The van der Waals surface area contributed by atoms with Crippen LogP contribution in [0.3, 0.4) is 0 Å². The molecule has 7 nitrogen and oxygen atoms in total. The number of rotatable bonds is 7. The van der Waals surface area contributed by atoms with Gasteiger partial charge in [-0.1, -0.05) is 74.0 Å². The van der Waals surface area contributed by atoms with E-state index in [1.165, 1.54) is 16.8 Å². The maximum atomic E-state index is 13.4. The molecule has 1 heterocycles. The monoisotopic (exact) mass is 585 g/mol. The van der Waals surface area contributed by atoms with E-state index in [9.17, 15) is 18.3 Å². The lowest BCUT2D eigenvalue weighted by Crippen LogP contribution is -2.20. The Balaban J connectivity index is 1.59. The first-order valence-corrected chi connectivity index (χ1v) is 14.8. The van der Waals surface area contributed by atoms with Crippen LogP contribution in [-0.4, -0.2) is 24.3 Å². The van der Waals surface area contributed by atoms with Gasteiger partial charge in [-0.25, -0.2) is 13.0 Å². The number of benzene rings is 4. The van der Waals surface area contributed by atoms with Crippen LogP contribution in [0.5, 0.6) is 5.88 Å². The largest absolute Gasteiger partial charge is 0.494 e. The molecule has 0 aliphatic rings. The zero-order valence-corrected chi connectivity index (χ0v) is 24.2. The lowest BCUT2D eigenvalue weighted by Gasteiger charge is -2.15. The molecular formula is C32H28ClN3O4S. The van der Waals surface area contributed by atoms with Crippen molar-refractivity contribution in [1.82, 2.24) is 4.57 Å². The molecule has 0 aliphatic carbocycles. The first kappa shape index (κ1) is 28.1. The Morgan fingerprint density at radius 2 is 1.59 bits per heavy atom. The van der Waals surface area contributed by atoms with Crippen molar-refractivity contribution in [3.63, 3.8) is 0 Å². The number of hydrogen-bond acceptors (Lipinski definition) is 5. The van der Waals surface area contributed by atoms with Crippen LogP contribution in [0.4, 0.5) is 11.4 Å². The van der Waals surface area contributed by atoms with Gasteiger partial charge in [0.15, 0.2) is 0 Å². The molecular weight excluding hydrogens is 558 g/mol. The Labute approximate surface area is 243 Å². The number of anilines is 1. The topological polar surface area (TPSA) is 101 Å². The smallest absolute Gasteiger partial charge is 0.265 e. The molecule has 0 spiro atoms. The van der Waals surface area contributed by atoms with Gasteiger partial charge >= 0.3 is 0 Å². The van der Waals surface area contributed by atoms with E-state index in [4.69, 9.17) is 11.6 Å².